The average Bonchev–Trinajstić information content (AvgIpc) is 2.88. The zero-order valence-electron chi connectivity index (χ0n) is 21.6. The van der Waals surface area contributed by atoms with E-state index in [9.17, 15) is 9.59 Å². The number of fused-ring (bicyclic) bond motifs is 1. The third kappa shape index (κ3) is 6.39. The van der Waals surface area contributed by atoms with Gasteiger partial charge in [-0.15, -0.1) is 0 Å². The van der Waals surface area contributed by atoms with Gasteiger partial charge in [-0.05, 0) is 86.3 Å². The third-order valence-corrected chi connectivity index (χ3v) is 7.22. The van der Waals surface area contributed by atoms with Gasteiger partial charge in [0.15, 0.2) is 13.2 Å². The smallest absolute Gasteiger partial charge is 0.262 e. The molecule has 196 valence electrons. The van der Waals surface area contributed by atoms with E-state index in [-0.39, 0.29) is 25.0 Å². The summed E-state index contributed by atoms with van der Waals surface area (Å²) in [5.41, 5.74) is 4.76. The van der Waals surface area contributed by atoms with Crippen molar-refractivity contribution in [2.75, 3.05) is 23.8 Å². The van der Waals surface area contributed by atoms with Crippen LogP contribution in [0.2, 0.25) is 10.0 Å². The fourth-order valence-electron chi connectivity index (χ4n) is 4.18. The van der Waals surface area contributed by atoms with Crippen LogP contribution in [0.25, 0.3) is 10.8 Å². The molecular formula is C30H28Cl2N2O4. The van der Waals surface area contributed by atoms with Crippen molar-refractivity contribution >= 4 is 57.2 Å². The van der Waals surface area contributed by atoms with Crippen LogP contribution in [0.4, 0.5) is 11.4 Å². The molecule has 38 heavy (non-hydrogen) atoms. The highest BCUT2D eigenvalue weighted by atomic mass is 35.5. The van der Waals surface area contributed by atoms with Gasteiger partial charge < -0.3 is 20.1 Å². The molecule has 0 atom stereocenters. The summed E-state index contributed by atoms with van der Waals surface area (Å²) < 4.78 is 11.4. The maximum Gasteiger partial charge on any atom is 0.262 e. The Bertz CT molecular complexity index is 1370. The quantitative estimate of drug-likeness (QED) is 0.239. The predicted molar refractivity (Wildman–Crippen MR) is 154 cm³/mol. The molecule has 0 spiro atoms. The molecule has 2 amide bonds. The van der Waals surface area contributed by atoms with E-state index >= 15 is 0 Å². The van der Waals surface area contributed by atoms with Crippen LogP contribution in [-0.2, 0) is 9.59 Å². The predicted octanol–water partition coefficient (Wildman–Crippen LogP) is 7.42. The van der Waals surface area contributed by atoms with E-state index in [2.05, 4.69) is 10.6 Å². The van der Waals surface area contributed by atoms with E-state index in [1.807, 2.05) is 52.0 Å². The molecule has 0 saturated carbocycles. The van der Waals surface area contributed by atoms with Gasteiger partial charge in [0.05, 0.1) is 0 Å². The summed E-state index contributed by atoms with van der Waals surface area (Å²) in [6, 6.07) is 18.2. The molecule has 0 heterocycles. The molecule has 8 heteroatoms. The van der Waals surface area contributed by atoms with E-state index in [0.717, 1.165) is 33.0 Å². The second kappa shape index (κ2) is 11.8. The minimum atomic E-state index is -0.306. The van der Waals surface area contributed by atoms with Gasteiger partial charge in [-0.25, -0.2) is 0 Å². The zero-order valence-corrected chi connectivity index (χ0v) is 23.1. The van der Waals surface area contributed by atoms with Crippen molar-refractivity contribution in [3.8, 4) is 11.5 Å². The largest absolute Gasteiger partial charge is 0.484 e. The SMILES string of the molecule is Cc1cc(OCC(=O)Nc2cccc3c(NC(=O)COc4cc(C)c(Cl)c(C)c4)cccc23)cc(C)c1Cl. The molecule has 0 fully saturated rings. The molecule has 4 rings (SSSR count). The normalized spacial score (nSPS) is 10.8. The van der Waals surface area contributed by atoms with Crippen molar-refractivity contribution in [3.05, 3.63) is 93.0 Å². The van der Waals surface area contributed by atoms with Crippen molar-refractivity contribution in [3.63, 3.8) is 0 Å². The van der Waals surface area contributed by atoms with Crippen LogP contribution in [0, 0.1) is 27.7 Å². The van der Waals surface area contributed by atoms with Crippen LogP contribution in [-0.4, -0.2) is 25.0 Å². The van der Waals surface area contributed by atoms with Crippen LogP contribution >= 0.6 is 23.2 Å². The van der Waals surface area contributed by atoms with Gasteiger partial charge in [0.25, 0.3) is 11.8 Å². The number of hydrogen-bond acceptors (Lipinski definition) is 4. The topological polar surface area (TPSA) is 76.7 Å². The maximum absolute atomic E-state index is 12.7. The molecule has 0 aliphatic heterocycles. The number of nitrogens with one attached hydrogen (secondary N) is 2. The molecule has 6 nitrogen and oxygen atoms in total. The minimum absolute atomic E-state index is 0.158. The summed E-state index contributed by atoms with van der Waals surface area (Å²) in [5.74, 6) is 0.542. The Morgan fingerprint density at radius 2 is 0.974 bits per heavy atom. The Morgan fingerprint density at radius 1 is 0.632 bits per heavy atom. The van der Waals surface area contributed by atoms with Gasteiger partial charge in [0.2, 0.25) is 0 Å². The fraction of sp³-hybridized carbons (Fsp3) is 0.200. The standard InChI is InChI=1S/C30H28Cl2N2O4/c1-17-11-21(12-18(2)29(17)31)37-15-27(35)33-25-9-5-8-24-23(25)7-6-10-26(24)34-28(36)16-38-22-13-19(3)30(32)20(4)14-22/h5-14H,15-16H2,1-4H3,(H,33,35)(H,34,36). The number of rotatable bonds is 8. The molecule has 0 unspecified atom stereocenters. The molecule has 0 radical (unpaired) electrons. The maximum atomic E-state index is 12.7. The van der Waals surface area contributed by atoms with E-state index in [1.165, 1.54) is 0 Å². The molecule has 0 saturated heterocycles. The van der Waals surface area contributed by atoms with Crippen molar-refractivity contribution in [1.82, 2.24) is 0 Å². The summed E-state index contributed by atoms with van der Waals surface area (Å²) >= 11 is 12.4. The van der Waals surface area contributed by atoms with Gasteiger partial charge in [0.1, 0.15) is 11.5 Å². The molecule has 0 bridgehead atoms. The highest BCUT2D eigenvalue weighted by Crippen LogP contribution is 2.30. The number of benzene rings is 4. The number of carbonyl (C=O) groups excluding carboxylic acids is 2. The van der Waals surface area contributed by atoms with E-state index in [0.29, 0.717) is 32.9 Å². The average molecular weight is 551 g/mol. The Labute approximate surface area is 231 Å². The van der Waals surface area contributed by atoms with E-state index < -0.39 is 0 Å². The van der Waals surface area contributed by atoms with Gasteiger partial charge in [-0.1, -0.05) is 47.5 Å². The molecule has 0 aromatic heterocycles. The monoisotopic (exact) mass is 550 g/mol. The number of hydrogen-bond donors (Lipinski definition) is 2. The van der Waals surface area contributed by atoms with Gasteiger partial charge in [-0.3, -0.25) is 9.59 Å². The number of amides is 2. The Balaban J connectivity index is 1.42. The first-order valence-electron chi connectivity index (χ1n) is 12.0. The van der Waals surface area contributed by atoms with Crippen molar-refractivity contribution in [2.45, 2.75) is 27.7 Å². The second-order valence-electron chi connectivity index (χ2n) is 9.12. The van der Waals surface area contributed by atoms with Crippen LogP contribution in [0.5, 0.6) is 11.5 Å². The summed E-state index contributed by atoms with van der Waals surface area (Å²) in [6.07, 6.45) is 0. The molecule has 2 N–H and O–H groups in total. The van der Waals surface area contributed by atoms with Crippen molar-refractivity contribution in [2.24, 2.45) is 0 Å². The van der Waals surface area contributed by atoms with E-state index in [4.69, 9.17) is 32.7 Å². The lowest BCUT2D eigenvalue weighted by atomic mass is 10.1. The Kier molecular flexibility index (Phi) is 8.45. The number of ether oxygens (including phenoxy) is 2. The Morgan fingerprint density at radius 3 is 1.32 bits per heavy atom. The van der Waals surface area contributed by atoms with Crippen LogP contribution in [0.1, 0.15) is 22.3 Å². The van der Waals surface area contributed by atoms with Gasteiger partial charge in [0, 0.05) is 32.2 Å². The molecule has 4 aromatic rings. The zero-order chi connectivity index (χ0) is 27.4. The molecule has 4 aromatic carbocycles. The third-order valence-electron chi connectivity index (χ3n) is 6.03. The minimum Gasteiger partial charge on any atom is -0.484 e. The Hall–Kier alpha value is -3.74. The van der Waals surface area contributed by atoms with E-state index in [1.54, 1.807) is 36.4 Å². The lowest BCUT2D eigenvalue weighted by Crippen LogP contribution is -2.21. The highest BCUT2D eigenvalue weighted by Gasteiger charge is 2.12. The number of anilines is 2. The van der Waals surface area contributed by atoms with Crippen molar-refractivity contribution in [1.29, 1.82) is 0 Å². The van der Waals surface area contributed by atoms with Crippen LogP contribution in [0.15, 0.2) is 60.7 Å². The number of halogens is 2. The van der Waals surface area contributed by atoms with Crippen LogP contribution < -0.4 is 20.1 Å². The van der Waals surface area contributed by atoms with Gasteiger partial charge >= 0.3 is 0 Å². The first-order valence-corrected chi connectivity index (χ1v) is 12.8. The summed E-state index contributed by atoms with van der Waals surface area (Å²) in [5, 5.41) is 8.72. The number of carbonyl (C=O) groups is 2. The summed E-state index contributed by atoms with van der Waals surface area (Å²) in [7, 11) is 0. The second-order valence-corrected chi connectivity index (χ2v) is 9.88. The first-order chi connectivity index (χ1) is 18.1. The van der Waals surface area contributed by atoms with Crippen molar-refractivity contribution < 1.29 is 19.1 Å². The lowest BCUT2D eigenvalue weighted by Gasteiger charge is -2.14. The fourth-order valence-corrected chi connectivity index (χ4v) is 4.40. The molecular weight excluding hydrogens is 523 g/mol. The van der Waals surface area contributed by atoms with Crippen LogP contribution in [0.3, 0.4) is 0 Å². The molecule has 0 aliphatic carbocycles. The lowest BCUT2D eigenvalue weighted by molar-refractivity contribution is -0.118. The summed E-state index contributed by atoms with van der Waals surface area (Å²) in [6.45, 7) is 7.24. The molecule has 0 aliphatic rings. The first kappa shape index (κ1) is 27.3. The summed E-state index contributed by atoms with van der Waals surface area (Å²) in [4.78, 5) is 25.3. The van der Waals surface area contributed by atoms with Gasteiger partial charge in [-0.2, -0.15) is 0 Å². The highest BCUT2D eigenvalue weighted by molar-refractivity contribution is 6.32. The number of aryl methyl sites for hydroxylation is 4.